The summed E-state index contributed by atoms with van der Waals surface area (Å²) in [5, 5.41) is 12.5. The fourth-order valence-electron chi connectivity index (χ4n) is 1.67. The number of nitrogens with one attached hydrogen (secondary N) is 1. The van der Waals surface area contributed by atoms with E-state index in [0.29, 0.717) is 18.7 Å². The number of para-hydroxylation sites is 1. The number of rotatable bonds is 7. The highest BCUT2D eigenvalue weighted by molar-refractivity contribution is 7.90. The summed E-state index contributed by atoms with van der Waals surface area (Å²) < 4.78 is 27.8. The van der Waals surface area contributed by atoms with Gasteiger partial charge in [0, 0.05) is 19.9 Å². The fraction of sp³-hybridized carbons (Fsp3) is 0.500. The zero-order valence-corrected chi connectivity index (χ0v) is 11.9. The van der Waals surface area contributed by atoms with Gasteiger partial charge in [0.2, 0.25) is 0 Å². The lowest BCUT2D eigenvalue weighted by atomic mass is 10.2. The van der Waals surface area contributed by atoms with Crippen molar-refractivity contribution in [2.24, 2.45) is 0 Å². The highest BCUT2D eigenvalue weighted by Gasteiger charge is 2.14. The molecule has 0 radical (unpaired) electrons. The second-order valence-electron chi connectivity index (χ2n) is 4.31. The van der Waals surface area contributed by atoms with Gasteiger partial charge in [-0.3, -0.25) is 0 Å². The molecule has 108 valence electrons. The highest BCUT2D eigenvalue weighted by Crippen LogP contribution is 2.26. The SMILES string of the molecule is COCC(O)CCNc1cccc(S(C)(=O)=O)c1N. The first kappa shape index (κ1) is 15.7. The van der Waals surface area contributed by atoms with Gasteiger partial charge in [0.25, 0.3) is 0 Å². The summed E-state index contributed by atoms with van der Waals surface area (Å²) in [7, 11) is -1.82. The number of ether oxygens (including phenoxy) is 1. The predicted octanol–water partition coefficient (Wildman–Crippen LogP) is 0.482. The average Bonchev–Trinajstić information content (AvgIpc) is 2.30. The molecule has 1 unspecified atom stereocenters. The smallest absolute Gasteiger partial charge is 0.177 e. The number of hydrogen-bond donors (Lipinski definition) is 3. The van der Waals surface area contributed by atoms with Crippen LogP contribution in [0.15, 0.2) is 23.1 Å². The van der Waals surface area contributed by atoms with Crippen LogP contribution in [0.1, 0.15) is 6.42 Å². The van der Waals surface area contributed by atoms with Gasteiger partial charge in [-0.25, -0.2) is 8.42 Å². The van der Waals surface area contributed by atoms with E-state index in [4.69, 9.17) is 10.5 Å². The fourth-order valence-corrected chi connectivity index (χ4v) is 2.51. The van der Waals surface area contributed by atoms with Gasteiger partial charge < -0.3 is 20.9 Å². The van der Waals surface area contributed by atoms with E-state index in [0.717, 1.165) is 6.26 Å². The zero-order chi connectivity index (χ0) is 14.5. The molecule has 1 aromatic carbocycles. The Hall–Kier alpha value is -1.31. The Morgan fingerprint density at radius 1 is 1.47 bits per heavy atom. The molecule has 0 aliphatic rings. The molecule has 0 saturated heterocycles. The van der Waals surface area contributed by atoms with Crippen molar-refractivity contribution in [3.63, 3.8) is 0 Å². The summed E-state index contributed by atoms with van der Waals surface area (Å²) in [5.74, 6) is 0. The van der Waals surface area contributed by atoms with Crippen LogP contribution in [0.4, 0.5) is 11.4 Å². The van der Waals surface area contributed by atoms with Crippen LogP contribution < -0.4 is 11.1 Å². The van der Waals surface area contributed by atoms with Crippen molar-refractivity contribution in [3.05, 3.63) is 18.2 Å². The van der Waals surface area contributed by atoms with E-state index in [1.54, 1.807) is 12.1 Å². The molecule has 1 rings (SSSR count). The number of hydrogen-bond acceptors (Lipinski definition) is 6. The van der Waals surface area contributed by atoms with E-state index >= 15 is 0 Å². The molecule has 4 N–H and O–H groups in total. The minimum atomic E-state index is -3.34. The lowest BCUT2D eigenvalue weighted by molar-refractivity contribution is 0.0615. The van der Waals surface area contributed by atoms with Gasteiger partial charge in [0.1, 0.15) is 0 Å². The monoisotopic (exact) mass is 288 g/mol. The highest BCUT2D eigenvalue weighted by atomic mass is 32.2. The van der Waals surface area contributed by atoms with Crippen LogP contribution >= 0.6 is 0 Å². The minimum Gasteiger partial charge on any atom is -0.396 e. The molecule has 0 heterocycles. The number of methoxy groups -OCH3 is 1. The average molecular weight is 288 g/mol. The Bertz CT molecular complexity index is 516. The molecule has 1 atom stereocenters. The molecule has 0 aromatic heterocycles. The third-order valence-electron chi connectivity index (χ3n) is 2.62. The first-order valence-electron chi connectivity index (χ1n) is 5.85. The summed E-state index contributed by atoms with van der Waals surface area (Å²) in [4.78, 5) is 0.106. The van der Waals surface area contributed by atoms with Crippen LogP contribution in [-0.4, -0.2) is 46.1 Å². The van der Waals surface area contributed by atoms with Gasteiger partial charge >= 0.3 is 0 Å². The summed E-state index contributed by atoms with van der Waals surface area (Å²) in [6.45, 7) is 0.739. The summed E-state index contributed by atoms with van der Waals surface area (Å²) in [6, 6.07) is 4.79. The lowest BCUT2D eigenvalue weighted by Gasteiger charge is -2.14. The first-order valence-corrected chi connectivity index (χ1v) is 7.74. The van der Waals surface area contributed by atoms with E-state index in [2.05, 4.69) is 5.32 Å². The Morgan fingerprint density at radius 2 is 2.16 bits per heavy atom. The minimum absolute atomic E-state index is 0.106. The normalized spacial score (nSPS) is 13.2. The van der Waals surface area contributed by atoms with Crippen molar-refractivity contribution >= 4 is 21.2 Å². The van der Waals surface area contributed by atoms with E-state index in [1.807, 2.05) is 0 Å². The Morgan fingerprint density at radius 3 is 2.74 bits per heavy atom. The quantitative estimate of drug-likeness (QED) is 0.631. The molecule has 7 heteroatoms. The third kappa shape index (κ3) is 4.70. The van der Waals surface area contributed by atoms with E-state index in [-0.39, 0.29) is 17.2 Å². The van der Waals surface area contributed by atoms with Gasteiger partial charge in [0.15, 0.2) is 9.84 Å². The molecule has 0 bridgehead atoms. The van der Waals surface area contributed by atoms with Crippen LogP contribution in [-0.2, 0) is 14.6 Å². The molecule has 0 aliphatic heterocycles. The molecular weight excluding hydrogens is 268 g/mol. The van der Waals surface area contributed by atoms with Gasteiger partial charge in [-0.15, -0.1) is 0 Å². The number of nitrogens with two attached hydrogens (primary N) is 1. The standard InChI is InChI=1S/C12H20N2O4S/c1-18-8-9(15)6-7-14-10-4-3-5-11(12(10)13)19(2,16)17/h3-5,9,14-15H,6-8,13H2,1-2H3. The number of sulfone groups is 1. The number of aliphatic hydroxyl groups is 1. The summed E-state index contributed by atoms with van der Waals surface area (Å²) >= 11 is 0. The molecule has 0 amide bonds. The Balaban J connectivity index is 2.70. The largest absolute Gasteiger partial charge is 0.396 e. The van der Waals surface area contributed by atoms with E-state index in [9.17, 15) is 13.5 Å². The van der Waals surface area contributed by atoms with Crippen molar-refractivity contribution in [1.29, 1.82) is 0 Å². The first-order chi connectivity index (χ1) is 8.86. The summed E-state index contributed by atoms with van der Waals surface area (Å²) in [6.07, 6.45) is 1.04. The molecule has 19 heavy (non-hydrogen) atoms. The third-order valence-corrected chi connectivity index (χ3v) is 3.77. The molecule has 0 saturated carbocycles. The predicted molar refractivity (Wildman–Crippen MR) is 75.0 cm³/mol. The number of nitrogen functional groups attached to an aromatic ring is 1. The van der Waals surface area contributed by atoms with Crippen LogP contribution in [0, 0.1) is 0 Å². The number of anilines is 2. The van der Waals surface area contributed by atoms with Gasteiger partial charge in [-0.1, -0.05) is 6.07 Å². The molecule has 6 nitrogen and oxygen atoms in total. The zero-order valence-electron chi connectivity index (χ0n) is 11.1. The van der Waals surface area contributed by atoms with Gasteiger partial charge in [0.05, 0.1) is 29.0 Å². The van der Waals surface area contributed by atoms with Crippen molar-refractivity contribution in [1.82, 2.24) is 0 Å². The van der Waals surface area contributed by atoms with Crippen LogP contribution in [0.2, 0.25) is 0 Å². The molecule has 1 aromatic rings. The van der Waals surface area contributed by atoms with Crippen LogP contribution in [0.25, 0.3) is 0 Å². The maximum absolute atomic E-state index is 11.5. The van der Waals surface area contributed by atoms with Gasteiger partial charge in [-0.2, -0.15) is 0 Å². The Labute approximate surface area is 113 Å². The molecule has 0 aliphatic carbocycles. The van der Waals surface area contributed by atoms with Crippen molar-refractivity contribution in [2.45, 2.75) is 17.4 Å². The molecular formula is C12H20N2O4S. The van der Waals surface area contributed by atoms with Crippen LogP contribution in [0.5, 0.6) is 0 Å². The van der Waals surface area contributed by atoms with Crippen molar-refractivity contribution in [3.8, 4) is 0 Å². The maximum Gasteiger partial charge on any atom is 0.177 e. The number of benzene rings is 1. The maximum atomic E-state index is 11.5. The molecule has 0 fully saturated rings. The van der Waals surface area contributed by atoms with E-state index < -0.39 is 15.9 Å². The summed E-state index contributed by atoms with van der Waals surface area (Å²) in [5.41, 5.74) is 6.57. The second-order valence-corrected chi connectivity index (χ2v) is 6.30. The van der Waals surface area contributed by atoms with Gasteiger partial charge in [-0.05, 0) is 18.6 Å². The van der Waals surface area contributed by atoms with E-state index in [1.165, 1.54) is 13.2 Å². The van der Waals surface area contributed by atoms with Crippen molar-refractivity contribution < 1.29 is 18.3 Å². The lowest BCUT2D eigenvalue weighted by Crippen LogP contribution is -2.18. The second kappa shape index (κ2) is 6.74. The Kier molecular flexibility index (Phi) is 5.59. The van der Waals surface area contributed by atoms with Crippen molar-refractivity contribution in [2.75, 3.05) is 37.6 Å². The molecule has 0 spiro atoms. The topological polar surface area (TPSA) is 102 Å². The number of aliphatic hydroxyl groups excluding tert-OH is 1. The van der Waals surface area contributed by atoms with Crippen LogP contribution in [0.3, 0.4) is 0 Å².